The first-order chi connectivity index (χ1) is 14.3. The van der Waals surface area contributed by atoms with Crippen LogP contribution in [0.2, 0.25) is 5.02 Å². The first kappa shape index (κ1) is 21.8. The van der Waals surface area contributed by atoms with E-state index in [0.29, 0.717) is 35.9 Å². The molecule has 3 amide bonds. The molecule has 0 aromatic heterocycles. The highest BCUT2D eigenvalue weighted by molar-refractivity contribution is 6.31. The maximum atomic E-state index is 13.1. The fraction of sp³-hybridized carbons (Fsp3) is 0.348. The van der Waals surface area contributed by atoms with E-state index in [1.807, 2.05) is 25.1 Å². The van der Waals surface area contributed by atoms with E-state index in [0.717, 1.165) is 5.56 Å². The Bertz CT molecular complexity index is 943. The summed E-state index contributed by atoms with van der Waals surface area (Å²) >= 11 is 6.04. The van der Waals surface area contributed by atoms with Crippen LogP contribution in [-0.4, -0.2) is 54.7 Å². The molecule has 1 aliphatic heterocycles. The van der Waals surface area contributed by atoms with Crippen LogP contribution in [0.1, 0.15) is 29.3 Å². The van der Waals surface area contributed by atoms with Gasteiger partial charge in [0.2, 0.25) is 11.8 Å². The zero-order valence-electron chi connectivity index (χ0n) is 17.5. The Hall–Kier alpha value is -2.86. The average molecular weight is 428 g/mol. The van der Waals surface area contributed by atoms with Crippen molar-refractivity contribution in [3.63, 3.8) is 0 Å². The van der Waals surface area contributed by atoms with Crippen LogP contribution in [0.3, 0.4) is 0 Å². The number of carbonyl (C=O) groups excluding carboxylic acids is 3. The van der Waals surface area contributed by atoms with Crippen LogP contribution in [0.25, 0.3) is 0 Å². The predicted molar refractivity (Wildman–Crippen MR) is 117 cm³/mol. The second kappa shape index (κ2) is 9.30. The highest BCUT2D eigenvalue weighted by atomic mass is 35.5. The molecule has 0 radical (unpaired) electrons. The highest BCUT2D eigenvalue weighted by Crippen LogP contribution is 2.28. The van der Waals surface area contributed by atoms with Gasteiger partial charge in [-0.05, 0) is 42.8 Å². The normalized spacial score (nSPS) is 15.9. The van der Waals surface area contributed by atoms with E-state index in [1.54, 1.807) is 54.2 Å². The third kappa shape index (κ3) is 4.82. The molecule has 3 rings (SSSR count). The van der Waals surface area contributed by atoms with Crippen LogP contribution in [-0.2, 0) is 16.1 Å². The van der Waals surface area contributed by atoms with Gasteiger partial charge < -0.3 is 14.7 Å². The molecule has 1 saturated heterocycles. The summed E-state index contributed by atoms with van der Waals surface area (Å²) in [4.78, 5) is 42.5. The first-order valence-corrected chi connectivity index (χ1v) is 10.3. The van der Waals surface area contributed by atoms with Crippen LogP contribution < -0.4 is 4.90 Å². The lowest BCUT2D eigenvalue weighted by molar-refractivity contribution is -0.136. The average Bonchev–Trinajstić information content (AvgIpc) is 3.13. The fourth-order valence-corrected chi connectivity index (χ4v) is 3.79. The lowest BCUT2D eigenvalue weighted by atomic mass is 10.1. The van der Waals surface area contributed by atoms with Gasteiger partial charge in [0.05, 0.1) is 5.92 Å². The Kier molecular flexibility index (Phi) is 6.77. The quantitative estimate of drug-likeness (QED) is 0.709. The first-order valence-electron chi connectivity index (χ1n) is 9.95. The molecule has 0 N–H and O–H groups in total. The standard InChI is InChI=1S/C23H26ClN3O3/c1-4-26(14-16-8-10-17(11-9-16)22(29)25(2)3)23(30)18-12-21(28)27(15-18)20-7-5-6-19(24)13-20/h5-11,13,18H,4,12,14-15H2,1-3H3. The third-order valence-corrected chi connectivity index (χ3v) is 5.50. The van der Waals surface area contributed by atoms with E-state index < -0.39 is 0 Å². The Morgan fingerprint density at radius 2 is 1.83 bits per heavy atom. The van der Waals surface area contributed by atoms with Gasteiger partial charge in [0.25, 0.3) is 5.91 Å². The fourth-order valence-electron chi connectivity index (χ4n) is 3.60. The molecule has 6 nitrogen and oxygen atoms in total. The third-order valence-electron chi connectivity index (χ3n) is 5.27. The largest absolute Gasteiger partial charge is 0.345 e. The summed E-state index contributed by atoms with van der Waals surface area (Å²) in [6.07, 6.45) is 0.193. The van der Waals surface area contributed by atoms with Crippen molar-refractivity contribution in [1.29, 1.82) is 0 Å². The molecule has 0 spiro atoms. The minimum absolute atomic E-state index is 0.0381. The Labute approximate surface area is 182 Å². The topological polar surface area (TPSA) is 60.9 Å². The number of amides is 3. The Morgan fingerprint density at radius 1 is 1.13 bits per heavy atom. The van der Waals surface area contributed by atoms with Crippen molar-refractivity contribution in [2.45, 2.75) is 19.9 Å². The SMILES string of the molecule is CCN(Cc1ccc(C(=O)N(C)C)cc1)C(=O)C1CC(=O)N(c2cccc(Cl)c2)C1. The predicted octanol–water partition coefficient (Wildman–Crippen LogP) is 3.44. The number of nitrogens with zero attached hydrogens (tertiary/aromatic N) is 3. The van der Waals surface area contributed by atoms with E-state index in [-0.39, 0.29) is 30.1 Å². The number of hydrogen-bond donors (Lipinski definition) is 0. The summed E-state index contributed by atoms with van der Waals surface area (Å²) in [5.41, 5.74) is 2.26. The highest BCUT2D eigenvalue weighted by Gasteiger charge is 2.37. The van der Waals surface area contributed by atoms with E-state index in [4.69, 9.17) is 11.6 Å². The monoisotopic (exact) mass is 427 g/mol. The maximum Gasteiger partial charge on any atom is 0.253 e. The van der Waals surface area contributed by atoms with Gasteiger partial charge >= 0.3 is 0 Å². The molecule has 7 heteroatoms. The van der Waals surface area contributed by atoms with Crippen molar-refractivity contribution in [1.82, 2.24) is 9.80 Å². The van der Waals surface area contributed by atoms with Gasteiger partial charge in [-0.2, -0.15) is 0 Å². The van der Waals surface area contributed by atoms with Crippen LogP contribution in [0.5, 0.6) is 0 Å². The van der Waals surface area contributed by atoms with Crippen molar-refractivity contribution >= 4 is 35.0 Å². The number of rotatable bonds is 6. The summed E-state index contributed by atoms with van der Waals surface area (Å²) in [6.45, 7) is 3.25. The minimum Gasteiger partial charge on any atom is -0.345 e. The smallest absolute Gasteiger partial charge is 0.253 e. The molecule has 1 unspecified atom stereocenters. The summed E-state index contributed by atoms with van der Waals surface area (Å²) < 4.78 is 0. The molecular weight excluding hydrogens is 402 g/mol. The van der Waals surface area contributed by atoms with Gasteiger partial charge in [0.1, 0.15) is 0 Å². The van der Waals surface area contributed by atoms with Gasteiger partial charge in [-0.15, -0.1) is 0 Å². The molecule has 2 aromatic carbocycles. The Balaban J connectivity index is 1.67. The van der Waals surface area contributed by atoms with Crippen molar-refractivity contribution in [3.05, 3.63) is 64.7 Å². The van der Waals surface area contributed by atoms with Gasteiger partial charge in [0, 0.05) is 56.4 Å². The van der Waals surface area contributed by atoms with E-state index in [1.165, 1.54) is 4.90 Å². The van der Waals surface area contributed by atoms with E-state index >= 15 is 0 Å². The van der Waals surface area contributed by atoms with Crippen LogP contribution in [0, 0.1) is 5.92 Å². The molecule has 158 valence electrons. The van der Waals surface area contributed by atoms with Crippen LogP contribution in [0.4, 0.5) is 5.69 Å². The number of halogens is 1. The van der Waals surface area contributed by atoms with Gasteiger partial charge in [0.15, 0.2) is 0 Å². The Morgan fingerprint density at radius 3 is 2.43 bits per heavy atom. The molecule has 30 heavy (non-hydrogen) atoms. The molecule has 0 aliphatic carbocycles. The van der Waals surface area contributed by atoms with Gasteiger partial charge in [-0.25, -0.2) is 0 Å². The minimum atomic E-state index is -0.383. The zero-order chi connectivity index (χ0) is 21.8. The molecule has 1 atom stereocenters. The lowest BCUT2D eigenvalue weighted by Crippen LogP contribution is -2.37. The van der Waals surface area contributed by atoms with Crippen molar-refractivity contribution in [3.8, 4) is 0 Å². The van der Waals surface area contributed by atoms with Crippen LogP contribution >= 0.6 is 11.6 Å². The van der Waals surface area contributed by atoms with Gasteiger partial charge in [-0.3, -0.25) is 14.4 Å². The van der Waals surface area contributed by atoms with E-state index in [9.17, 15) is 14.4 Å². The molecule has 1 fully saturated rings. The number of carbonyl (C=O) groups is 3. The zero-order valence-corrected chi connectivity index (χ0v) is 18.2. The molecule has 1 heterocycles. The summed E-state index contributed by atoms with van der Waals surface area (Å²) in [5, 5.41) is 0.557. The summed E-state index contributed by atoms with van der Waals surface area (Å²) in [7, 11) is 3.42. The van der Waals surface area contributed by atoms with E-state index in [2.05, 4.69) is 0 Å². The second-order valence-corrected chi connectivity index (χ2v) is 8.07. The van der Waals surface area contributed by atoms with Gasteiger partial charge in [-0.1, -0.05) is 29.8 Å². The molecule has 2 aromatic rings. The number of anilines is 1. The number of benzene rings is 2. The maximum absolute atomic E-state index is 13.1. The van der Waals surface area contributed by atoms with Crippen LogP contribution in [0.15, 0.2) is 48.5 Å². The molecule has 0 saturated carbocycles. The van der Waals surface area contributed by atoms with Crippen molar-refractivity contribution in [2.75, 3.05) is 32.1 Å². The second-order valence-electron chi connectivity index (χ2n) is 7.63. The molecule has 1 aliphatic rings. The van der Waals surface area contributed by atoms with Crippen molar-refractivity contribution in [2.24, 2.45) is 5.92 Å². The molecule has 0 bridgehead atoms. The lowest BCUT2D eigenvalue weighted by Gasteiger charge is -2.24. The molecular formula is C23H26ClN3O3. The summed E-state index contributed by atoms with van der Waals surface area (Å²) in [6, 6.07) is 14.4. The summed E-state index contributed by atoms with van der Waals surface area (Å²) in [5.74, 6) is -0.552. The van der Waals surface area contributed by atoms with Crippen molar-refractivity contribution < 1.29 is 14.4 Å². The number of hydrogen-bond acceptors (Lipinski definition) is 3.